The van der Waals surface area contributed by atoms with Gasteiger partial charge < -0.3 is 5.73 Å². The van der Waals surface area contributed by atoms with Crippen molar-refractivity contribution in [3.63, 3.8) is 0 Å². The Labute approximate surface area is 103 Å². The van der Waals surface area contributed by atoms with Crippen LogP contribution in [0.25, 0.3) is 5.57 Å². The normalized spacial score (nSPS) is 24.8. The fourth-order valence-corrected chi connectivity index (χ4v) is 3.68. The smallest absolute Gasteiger partial charge is 0.0361 e. The molecule has 0 fully saturated rings. The van der Waals surface area contributed by atoms with E-state index < -0.39 is 0 Å². The first kappa shape index (κ1) is 10.6. The van der Waals surface area contributed by atoms with Crippen LogP contribution in [-0.2, 0) is 5.41 Å². The van der Waals surface area contributed by atoms with Gasteiger partial charge >= 0.3 is 0 Å². The number of benzene rings is 1. The van der Waals surface area contributed by atoms with Crippen molar-refractivity contribution < 1.29 is 0 Å². The average molecular weight is 225 g/mol. The Hall–Kier alpha value is -1.50. The van der Waals surface area contributed by atoms with Crippen molar-refractivity contribution in [1.82, 2.24) is 0 Å². The summed E-state index contributed by atoms with van der Waals surface area (Å²) in [5, 5.41) is 0. The molecule has 1 heteroatoms. The number of nitrogen functional groups attached to an aromatic ring is 1. The molecule has 0 heterocycles. The molecule has 2 aliphatic carbocycles. The summed E-state index contributed by atoms with van der Waals surface area (Å²) in [6.07, 6.45) is 5.72. The van der Waals surface area contributed by atoms with Crippen LogP contribution in [0.5, 0.6) is 0 Å². The molecule has 0 aliphatic heterocycles. The van der Waals surface area contributed by atoms with Gasteiger partial charge in [0.25, 0.3) is 0 Å². The van der Waals surface area contributed by atoms with E-state index in [0.29, 0.717) is 5.92 Å². The van der Waals surface area contributed by atoms with E-state index >= 15 is 0 Å². The van der Waals surface area contributed by atoms with E-state index in [4.69, 9.17) is 5.73 Å². The maximum atomic E-state index is 6.20. The third-order valence-corrected chi connectivity index (χ3v) is 4.24. The quantitative estimate of drug-likeness (QED) is 0.666. The summed E-state index contributed by atoms with van der Waals surface area (Å²) < 4.78 is 0. The second-order valence-corrected chi connectivity index (χ2v) is 5.76. The van der Waals surface area contributed by atoms with Crippen molar-refractivity contribution in [3.8, 4) is 0 Å². The van der Waals surface area contributed by atoms with Crippen molar-refractivity contribution >= 4 is 11.3 Å². The molecule has 1 aromatic rings. The molecule has 88 valence electrons. The molecule has 0 saturated carbocycles. The predicted octanol–water partition coefficient (Wildman–Crippen LogP) is 3.91. The van der Waals surface area contributed by atoms with Crippen LogP contribution < -0.4 is 5.73 Å². The second-order valence-electron chi connectivity index (χ2n) is 5.76. The molecule has 0 bridgehead atoms. The Balaban J connectivity index is 2.33. The highest BCUT2D eigenvalue weighted by atomic mass is 14.6. The lowest BCUT2D eigenvalue weighted by Gasteiger charge is -2.30. The third kappa shape index (κ3) is 1.25. The predicted molar refractivity (Wildman–Crippen MR) is 73.7 cm³/mol. The number of nitrogens with two attached hydrogens (primary N) is 1. The maximum absolute atomic E-state index is 6.20. The number of hydrogen-bond donors (Lipinski definition) is 1. The van der Waals surface area contributed by atoms with Gasteiger partial charge in [0.1, 0.15) is 0 Å². The molecule has 3 rings (SSSR count). The highest BCUT2D eigenvalue weighted by molar-refractivity contribution is 5.89. The minimum Gasteiger partial charge on any atom is -0.398 e. The van der Waals surface area contributed by atoms with Gasteiger partial charge in [-0.05, 0) is 40.7 Å². The molecule has 2 N–H and O–H groups in total. The molecule has 1 nitrogen and oxygen atoms in total. The summed E-state index contributed by atoms with van der Waals surface area (Å²) in [4.78, 5) is 0. The largest absolute Gasteiger partial charge is 0.398 e. The zero-order valence-corrected chi connectivity index (χ0v) is 10.7. The standard InChI is InChI=1S/C16H19N/c1-10-6-4-7-11-12-8-5-9-13(17)15(12)16(2,3)14(10)11/h4-5,7-10H,6,17H2,1-3H3. The van der Waals surface area contributed by atoms with Crippen molar-refractivity contribution in [2.75, 3.05) is 5.73 Å². The van der Waals surface area contributed by atoms with Crippen LogP contribution in [0.1, 0.15) is 38.3 Å². The Morgan fingerprint density at radius 1 is 1.29 bits per heavy atom. The van der Waals surface area contributed by atoms with Crippen molar-refractivity contribution in [3.05, 3.63) is 47.1 Å². The van der Waals surface area contributed by atoms with E-state index in [2.05, 4.69) is 45.1 Å². The Bertz CT molecular complexity index is 547. The molecule has 17 heavy (non-hydrogen) atoms. The first-order valence-electron chi connectivity index (χ1n) is 6.34. The molecule has 1 aromatic carbocycles. The molecule has 0 spiro atoms. The molecule has 2 aliphatic rings. The highest BCUT2D eigenvalue weighted by Gasteiger charge is 2.41. The fourth-order valence-electron chi connectivity index (χ4n) is 3.68. The molecule has 0 amide bonds. The number of hydrogen-bond acceptors (Lipinski definition) is 1. The summed E-state index contributed by atoms with van der Waals surface area (Å²) in [6, 6.07) is 6.29. The monoisotopic (exact) mass is 225 g/mol. The van der Waals surface area contributed by atoms with Gasteiger partial charge in [0, 0.05) is 11.1 Å². The molecular weight excluding hydrogens is 206 g/mol. The molecular formula is C16H19N. The molecule has 0 radical (unpaired) electrons. The summed E-state index contributed by atoms with van der Waals surface area (Å²) in [5.41, 5.74) is 12.9. The van der Waals surface area contributed by atoms with E-state index in [9.17, 15) is 0 Å². The van der Waals surface area contributed by atoms with Crippen LogP contribution in [0.4, 0.5) is 5.69 Å². The van der Waals surface area contributed by atoms with Crippen LogP contribution in [0, 0.1) is 5.92 Å². The second kappa shape index (κ2) is 3.25. The Morgan fingerprint density at radius 3 is 2.82 bits per heavy atom. The Kier molecular flexibility index (Phi) is 2.04. The third-order valence-electron chi connectivity index (χ3n) is 4.24. The van der Waals surface area contributed by atoms with Gasteiger partial charge in [-0.1, -0.05) is 45.1 Å². The molecule has 1 unspecified atom stereocenters. The summed E-state index contributed by atoms with van der Waals surface area (Å²) in [7, 11) is 0. The zero-order valence-electron chi connectivity index (χ0n) is 10.7. The minimum absolute atomic E-state index is 0.0835. The van der Waals surface area contributed by atoms with Gasteiger partial charge in [0.2, 0.25) is 0 Å². The van der Waals surface area contributed by atoms with Gasteiger partial charge in [-0.25, -0.2) is 0 Å². The van der Waals surface area contributed by atoms with E-state index in [1.54, 1.807) is 5.57 Å². The van der Waals surface area contributed by atoms with E-state index in [1.165, 1.54) is 16.7 Å². The summed E-state index contributed by atoms with van der Waals surface area (Å²) in [5.74, 6) is 0.622. The van der Waals surface area contributed by atoms with Gasteiger partial charge in [-0.2, -0.15) is 0 Å². The van der Waals surface area contributed by atoms with Gasteiger partial charge in [-0.15, -0.1) is 0 Å². The first-order chi connectivity index (χ1) is 8.03. The van der Waals surface area contributed by atoms with Crippen LogP contribution in [0.3, 0.4) is 0 Å². The van der Waals surface area contributed by atoms with Crippen molar-refractivity contribution in [1.29, 1.82) is 0 Å². The lowest BCUT2D eigenvalue weighted by atomic mass is 9.74. The van der Waals surface area contributed by atoms with E-state index in [1.807, 2.05) is 6.07 Å². The number of rotatable bonds is 0. The van der Waals surface area contributed by atoms with Crippen molar-refractivity contribution in [2.24, 2.45) is 5.92 Å². The number of fused-ring (bicyclic) bond motifs is 2. The Morgan fingerprint density at radius 2 is 2.06 bits per heavy atom. The van der Waals surface area contributed by atoms with Gasteiger partial charge in [-0.3, -0.25) is 0 Å². The summed E-state index contributed by atoms with van der Waals surface area (Å²) >= 11 is 0. The number of anilines is 1. The SMILES string of the molecule is CC1CC=CC2=C1C(C)(C)c1c(N)cccc12. The van der Waals surface area contributed by atoms with Gasteiger partial charge in [0.05, 0.1) is 0 Å². The lowest BCUT2D eigenvalue weighted by molar-refractivity contribution is 0.532. The molecule has 0 saturated heterocycles. The maximum Gasteiger partial charge on any atom is 0.0361 e. The number of allylic oxidation sites excluding steroid dienone is 4. The zero-order chi connectivity index (χ0) is 12.2. The van der Waals surface area contributed by atoms with Crippen LogP contribution >= 0.6 is 0 Å². The summed E-state index contributed by atoms with van der Waals surface area (Å²) in [6.45, 7) is 6.93. The topological polar surface area (TPSA) is 26.0 Å². The van der Waals surface area contributed by atoms with Gasteiger partial charge in [0.15, 0.2) is 0 Å². The highest BCUT2D eigenvalue weighted by Crippen LogP contribution is 2.53. The van der Waals surface area contributed by atoms with Crippen LogP contribution in [0.15, 0.2) is 35.9 Å². The van der Waals surface area contributed by atoms with Crippen LogP contribution in [0.2, 0.25) is 0 Å². The first-order valence-corrected chi connectivity index (χ1v) is 6.34. The molecule has 1 atom stereocenters. The lowest BCUT2D eigenvalue weighted by Crippen LogP contribution is -2.23. The average Bonchev–Trinajstić information content (AvgIpc) is 2.50. The van der Waals surface area contributed by atoms with Crippen LogP contribution in [-0.4, -0.2) is 0 Å². The fraction of sp³-hybridized carbons (Fsp3) is 0.375. The minimum atomic E-state index is 0.0835. The van der Waals surface area contributed by atoms with E-state index in [-0.39, 0.29) is 5.41 Å². The van der Waals surface area contributed by atoms with E-state index in [0.717, 1.165) is 12.1 Å². The van der Waals surface area contributed by atoms with Crippen molar-refractivity contribution in [2.45, 2.75) is 32.6 Å². The molecule has 0 aromatic heterocycles.